The quantitative estimate of drug-likeness (QED) is 0.415. The number of nitrogens with two attached hydrogens (primary N) is 1. The third-order valence-corrected chi connectivity index (χ3v) is 2.75. The fourth-order valence-electron chi connectivity index (χ4n) is 1.27. The Labute approximate surface area is 89.2 Å². The van der Waals surface area contributed by atoms with Gasteiger partial charge in [-0.2, -0.15) is 11.3 Å². The number of hydrogen-bond donors (Lipinski definition) is 2. The van der Waals surface area contributed by atoms with Gasteiger partial charge in [-0.25, -0.2) is 0 Å². The van der Waals surface area contributed by atoms with Gasteiger partial charge in [0, 0.05) is 19.3 Å². The highest BCUT2D eigenvalue weighted by Crippen LogP contribution is 2.18. The summed E-state index contributed by atoms with van der Waals surface area (Å²) in [5, 5.41) is 4.18. The first-order valence-electron chi connectivity index (χ1n) is 4.94. The van der Waals surface area contributed by atoms with E-state index in [0.717, 1.165) is 26.1 Å². The Balaban J connectivity index is 2.26. The van der Waals surface area contributed by atoms with Crippen molar-refractivity contribution in [2.75, 3.05) is 13.2 Å². The fraction of sp³-hybridized carbons (Fsp3) is 0.600. The van der Waals surface area contributed by atoms with Crippen LogP contribution < -0.4 is 11.3 Å². The molecule has 0 radical (unpaired) electrons. The molecule has 1 aromatic heterocycles. The molecule has 1 rings (SSSR count). The molecular weight excluding hydrogens is 196 g/mol. The molecule has 0 amide bonds. The molecule has 0 aliphatic heterocycles. The van der Waals surface area contributed by atoms with Crippen LogP contribution in [0, 0.1) is 0 Å². The summed E-state index contributed by atoms with van der Waals surface area (Å²) >= 11 is 1.69. The van der Waals surface area contributed by atoms with E-state index in [0.29, 0.717) is 0 Å². The number of hydrogen-bond acceptors (Lipinski definition) is 4. The predicted molar refractivity (Wildman–Crippen MR) is 60.1 cm³/mol. The molecule has 1 aromatic rings. The molecule has 0 saturated carbocycles. The van der Waals surface area contributed by atoms with Gasteiger partial charge in [-0.15, -0.1) is 0 Å². The van der Waals surface area contributed by atoms with Gasteiger partial charge in [0.15, 0.2) is 0 Å². The van der Waals surface area contributed by atoms with Crippen LogP contribution in [0.2, 0.25) is 0 Å². The van der Waals surface area contributed by atoms with E-state index in [4.69, 9.17) is 10.6 Å². The number of nitrogens with one attached hydrogen (secondary N) is 1. The predicted octanol–water partition coefficient (Wildman–Crippen LogP) is 2.07. The van der Waals surface area contributed by atoms with Gasteiger partial charge in [0.1, 0.15) is 0 Å². The fourth-order valence-corrected chi connectivity index (χ4v) is 1.98. The van der Waals surface area contributed by atoms with Crippen molar-refractivity contribution in [2.45, 2.75) is 25.8 Å². The molecule has 0 spiro atoms. The first-order valence-corrected chi connectivity index (χ1v) is 5.88. The maximum Gasteiger partial charge on any atom is 0.0490 e. The van der Waals surface area contributed by atoms with E-state index in [1.807, 2.05) is 0 Å². The van der Waals surface area contributed by atoms with E-state index in [1.54, 1.807) is 11.3 Å². The Morgan fingerprint density at radius 1 is 1.57 bits per heavy atom. The van der Waals surface area contributed by atoms with Gasteiger partial charge in [0.25, 0.3) is 0 Å². The maximum absolute atomic E-state index is 5.48. The molecule has 0 bridgehead atoms. The molecule has 0 fully saturated rings. The summed E-state index contributed by atoms with van der Waals surface area (Å²) in [6, 6.07) is 2.31. The molecule has 0 aliphatic rings. The first-order chi connectivity index (χ1) is 6.88. The Morgan fingerprint density at radius 3 is 3.00 bits per heavy atom. The molecule has 4 heteroatoms. The normalized spacial score (nSPS) is 13.0. The van der Waals surface area contributed by atoms with Gasteiger partial charge >= 0.3 is 0 Å². The summed E-state index contributed by atoms with van der Waals surface area (Å²) in [6.45, 7) is 3.71. The van der Waals surface area contributed by atoms with Crippen molar-refractivity contribution >= 4 is 11.3 Å². The molecule has 3 N–H and O–H groups in total. The summed E-state index contributed by atoms with van der Waals surface area (Å²) in [4.78, 5) is 0. The summed E-state index contributed by atoms with van der Waals surface area (Å²) in [6.07, 6.45) is 1.99. The zero-order valence-corrected chi connectivity index (χ0v) is 9.35. The van der Waals surface area contributed by atoms with Crippen LogP contribution in [0.5, 0.6) is 0 Å². The number of hydrazine groups is 1. The van der Waals surface area contributed by atoms with Crippen LogP contribution in [0.4, 0.5) is 0 Å². The van der Waals surface area contributed by atoms with Gasteiger partial charge in [-0.05, 0) is 35.2 Å². The van der Waals surface area contributed by atoms with E-state index in [1.165, 1.54) is 5.56 Å². The van der Waals surface area contributed by atoms with Gasteiger partial charge < -0.3 is 4.74 Å². The number of rotatable bonds is 7. The smallest absolute Gasteiger partial charge is 0.0490 e. The Hall–Kier alpha value is -0.420. The van der Waals surface area contributed by atoms with Gasteiger partial charge in [0.2, 0.25) is 0 Å². The highest BCUT2D eigenvalue weighted by atomic mass is 32.1. The highest BCUT2D eigenvalue weighted by Gasteiger charge is 2.08. The molecular formula is C10H18N2OS. The molecule has 0 aliphatic carbocycles. The lowest BCUT2D eigenvalue weighted by Crippen LogP contribution is -2.28. The lowest BCUT2D eigenvalue weighted by molar-refractivity contribution is 0.124. The molecule has 0 saturated heterocycles. The molecule has 14 heavy (non-hydrogen) atoms. The van der Waals surface area contributed by atoms with Crippen LogP contribution in [-0.4, -0.2) is 13.2 Å². The zero-order valence-electron chi connectivity index (χ0n) is 8.53. The Bertz CT molecular complexity index is 226. The third-order valence-electron chi connectivity index (χ3n) is 2.05. The average Bonchev–Trinajstić information content (AvgIpc) is 2.71. The monoisotopic (exact) mass is 214 g/mol. The van der Waals surface area contributed by atoms with Crippen molar-refractivity contribution in [1.29, 1.82) is 0 Å². The first kappa shape index (κ1) is 11.7. The van der Waals surface area contributed by atoms with Gasteiger partial charge in [-0.1, -0.05) is 6.92 Å². The summed E-state index contributed by atoms with van der Waals surface area (Å²) in [5.74, 6) is 5.48. The summed E-state index contributed by atoms with van der Waals surface area (Å²) in [5.41, 5.74) is 4.06. The van der Waals surface area contributed by atoms with Gasteiger partial charge in [0.05, 0.1) is 0 Å². The van der Waals surface area contributed by atoms with E-state index in [9.17, 15) is 0 Å². The molecule has 1 atom stereocenters. The van der Waals surface area contributed by atoms with Crippen molar-refractivity contribution in [2.24, 2.45) is 5.84 Å². The van der Waals surface area contributed by atoms with Crippen LogP contribution in [0.25, 0.3) is 0 Å². The van der Waals surface area contributed by atoms with Crippen molar-refractivity contribution in [3.8, 4) is 0 Å². The van der Waals surface area contributed by atoms with Crippen LogP contribution in [0.1, 0.15) is 31.4 Å². The van der Waals surface area contributed by atoms with E-state index in [-0.39, 0.29) is 6.04 Å². The Morgan fingerprint density at radius 2 is 2.43 bits per heavy atom. The standard InChI is InChI=1S/C10H18N2OS/c1-2-5-13-6-3-10(12-11)9-4-7-14-8-9/h4,7-8,10,12H,2-3,5-6,11H2,1H3. The minimum absolute atomic E-state index is 0.220. The lowest BCUT2D eigenvalue weighted by Gasteiger charge is -2.14. The largest absolute Gasteiger partial charge is 0.381 e. The van der Waals surface area contributed by atoms with Gasteiger partial charge in [-0.3, -0.25) is 11.3 Å². The van der Waals surface area contributed by atoms with Crippen molar-refractivity contribution < 1.29 is 4.74 Å². The minimum atomic E-state index is 0.220. The van der Waals surface area contributed by atoms with E-state index in [2.05, 4.69) is 29.2 Å². The van der Waals surface area contributed by atoms with Crippen molar-refractivity contribution in [1.82, 2.24) is 5.43 Å². The van der Waals surface area contributed by atoms with E-state index < -0.39 is 0 Å². The minimum Gasteiger partial charge on any atom is -0.381 e. The van der Waals surface area contributed by atoms with Crippen LogP contribution in [0.15, 0.2) is 16.8 Å². The van der Waals surface area contributed by atoms with Crippen LogP contribution in [-0.2, 0) is 4.74 Å². The zero-order chi connectivity index (χ0) is 10.2. The Kier molecular flexibility index (Phi) is 5.78. The average molecular weight is 214 g/mol. The molecule has 1 unspecified atom stereocenters. The van der Waals surface area contributed by atoms with Crippen LogP contribution in [0.3, 0.4) is 0 Å². The second kappa shape index (κ2) is 6.95. The summed E-state index contributed by atoms with van der Waals surface area (Å²) < 4.78 is 5.42. The second-order valence-corrected chi connectivity index (χ2v) is 3.96. The van der Waals surface area contributed by atoms with Crippen molar-refractivity contribution in [3.63, 3.8) is 0 Å². The third kappa shape index (κ3) is 3.75. The molecule has 3 nitrogen and oxygen atoms in total. The molecule has 80 valence electrons. The topological polar surface area (TPSA) is 47.3 Å². The van der Waals surface area contributed by atoms with E-state index >= 15 is 0 Å². The summed E-state index contributed by atoms with van der Waals surface area (Å²) in [7, 11) is 0. The van der Waals surface area contributed by atoms with Crippen LogP contribution >= 0.6 is 11.3 Å². The number of ether oxygens (including phenoxy) is 1. The molecule has 0 aromatic carbocycles. The lowest BCUT2D eigenvalue weighted by atomic mass is 10.1. The second-order valence-electron chi connectivity index (χ2n) is 3.18. The SMILES string of the molecule is CCCOCCC(NN)c1ccsc1. The van der Waals surface area contributed by atoms with Crippen molar-refractivity contribution in [3.05, 3.63) is 22.4 Å². The molecule has 1 heterocycles. The highest BCUT2D eigenvalue weighted by molar-refractivity contribution is 7.07. The number of thiophene rings is 1. The maximum atomic E-state index is 5.48.